The van der Waals surface area contributed by atoms with Crippen molar-refractivity contribution in [1.29, 1.82) is 0 Å². The molecule has 0 aromatic rings. The molecule has 0 spiro atoms. The SMILES string of the molecule is C=CCCC(O)COC(C)C. The maximum atomic E-state index is 9.26. The highest BCUT2D eigenvalue weighted by molar-refractivity contribution is 4.68. The first-order chi connectivity index (χ1) is 5.16. The van der Waals surface area contributed by atoms with E-state index in [0.717, 1.165) is 12.8 Å². The number of rotatable bonds is 6. The largest absolute Gasteiger partial charge is 0.391 e. The van der Waals surface area contributed by atoms with Gasteiger partial charge in [-0.15, -0.1) is 6.58 Å². The van der Waals surface area contributed by atoms with E-state index in [1.807, 2.05) is 13.8 Å². The third kappa shape index (κ3) is 7.56. The summed E-state index contributed by atoms with van der Waals surface area (Å²) in [6.07, 6.45) is 3.26. The summed E-state index contributed by atoms with van der Waals surface area (Å²) < 4.78 is 5.22. The summed E-state index contributed by atoms with van der Waals surface area (Å²) in [5.41, 5.74) is 0. The second kappa shape index (κ2) is 6.38. The average Bonchev–Trinajstić information content (AvgIpc) is 1.97. The molecular weight excluding hydrogens is 140 g/mol. The maximum absolute atomic E-state index is 9.26. The predicted octanol–water partition coefficient (Wildman–Crippen LogP) is 1.74. The van der Waals surface area contributed by atoms with Gasteiger partial charge in [0.25, 0.3) is 0 Å². The van der Waals surface area contributed by atoms with E-state index in [-0.39, 0.29) is 12.2 Å². The number of hydrogen-bond donors (Lipinski definition) is 1. The van der Waals surface area contributed by atoms with Crippen LogP contribution in [0.1, 0.15) is 26.7 Å². The van der Waals surface area contributed by atoms with Crippen molar-refractivity contribution in [2.24, 2.45) is 0 Å². The fourth-order valence-electron chi connectivity index (χ4n) is 0.697. The quantitative estimate of drug-likeness (QED) is 0.597. The lowest BCUT2D eigenvalue weighted by atomic mass is 10.2. The van der Waals surface area contributed by atoms with Gasteiger partial charge < -0.3 is 9.84 Å². The summed E-state index contributed by atoms with van der Waals surface area (Å²) in [4.78, 5) is 0. The fraction of sp³-hybridized carbons (Fsp3) is 0.778. The zero-order chi connectivity index (χ0) is 8.69. The highest BCUT2D eigenvalue weighted by atomic mass is 16.5. The maximum Gasteiger partial charge on any atom is 0.0776 e. The molecule has 0 saturated heterocycles. The number of aliphatic hydroxyl groups excluding tert-OH is 1. The second-order valence-electron chi connectivity index (χ2n) is 2.90. The van der Waals surface area contributed by atoms with Gasteiger partial charge in [-0.2, -0.15) is 0 Å². The molecule has 0 aromatic carbocycles. The minimum atomic E-state index is -0.338. The van der Waals surface area contributed by atoms with Crippen LogP contribution in [0.3, 0.4) is 0 Å². The third-order valence-electron chi connectivity index (χ3n) is 1.33. The van der Waals surface area contributed by atoms with E-state index < -0.39 is 0 Å². The van der Waals surface area contributed by atoms with Crippen molar-refractivity contribution in [3.8, 4) is 0 Å². The van der Waals surface area contributed by atoms with Crippen molar-refractivity contribution in [2.75, 3.05) is 6.61 Å². The zero-order valence-electron chi connectivity index (χ0n) is 7.42. The molecule has 66 valence electrons. The predicted molar refractivity (Wildman–Crippen MR) is 46.5 cm³/mol. The van der Waals surface area contributed by atoms with Gasteiger partial charge in [0.15, 0.2) is 0 Å². The van der Waals surface area contributed by atoms with Crippen LogP contribution in [0.25, 0.3) is 0 Å². The van der Waals surface area contributed by atoms with Gasteiger partial charge >= 0.3 is 0 Å². The summed E-state index contributed by atoms with van der Waals surface area (Å²) in [5, 5.41) is 9.26. The van der Waals surface area contributed by atoms with E-state index in [0.29, 0.717) is 6.61 Å². The Kier molecular flexibility index (Phi) is 6.18. The van der Waals surface area contributed by atoms with E-state index in [9.17, 15) is 5.11 Å². The van der Waals surface area contributed by atoms with Crippen LogP contribution in [-0.2, 0) is 4.74 Å². The van der Waals surface area contributed by atoms with Crippen molar-refractivity contribution in [1.82, 2.24) is 0 Å². The topological polar surface area (TPSA) is 29.5 Å². The summed E-state index contributed by atoms with van der Waals surface area (Å²) in [5.74, 6) is 0. The molecule has 0 aliphatic rings. The molecule has 0 bridgehead atoms. The van der Waals surface area contributed by atoms with Crippen molar-refractivity contribution < 1.29 is 9.84 Å². The van der Waals surface area contributed by atoms with Crippen LogP contribution in [0, 0.1) is 0 Å². The molecular formula is C9H18O2. The summed E-state index contributed by atoms with van der Waals surface area (Å²) in [6.45, 7) is 7.93. The zero-order valence-corrected chi connectivity index (χ0v) is 7.42. The normalized spacial score (nSPS) is 13.5. The lowest BCUT2D eigenvalue weighted by Crippen LogP contribution is -2.17. The Bertz CT molecular complexity index is 99.7. The van der Waals surface area contributed by atoms with Crippen molar-refractivity contribution in [3.63, 3.8) is 0 Å². The fourth-order valence-corrected chi connectivity index (χ4v) is 0.697. The van der Waals surface area contributed by atoms with E-state index in [1.54, 1.807) is 6.08 Å². The minimum absolute atomic E-state index is 0.202. The van der Waals surface area contributed by atoms with Crippen LogP contribution in [0.2, 0.25) is 0 Å². The van der Waals surface area contributed by atoms with Crippen LogP contribution in [0.4, 0.5) is 0 Å². The second-order valence-corrected chi connectivity index (χ2v) is 2.90. The Labute approximate surface area is 68.9 Å². The molecule has 0 aliphatic carbocycles. The van der Waals surface area contributed by atoms with Crippen LogP contribution in [0.15, 0.2) is 12.7 Å². The van der Waals surface area contributed by atoms with E-state index >= 15 is 0 Å². The Morgan fingerprint density at radius 1 is 1.55 bits per heavy atom. The smallest absolute Gasteiger partial charge is 0.0776 e. The number of hydrogen-bond acceptors (Lipinski definition) is 2. The first-order valence-electron chi connectivity index (χ1n) is 4.07. The standard InChI is InChI=1S/C9H18O2/c1-4-5-6-9(10)7-11-8(2)3/h4,8-10H,1,5-7H2,2-3H3. The molecule has 11 heavy (non-hydrogen) atoms. The molecule has 1 unspecified atom stereocenters. The summed E-state index contributed by atoms with van der Waals surface area (Å²) >= 11 is 0. The highest BCUT2D eigenvalue weighted by Gasteiger charge is 2.03. The van der Waals surface area contributed by atoms with Gasteiger partial charge in [0.05, 0.1) is 18.8 Å². The van der Waals surface area contributed by atoms with Crippen molar-refractivity contribution in [3.05, 3.63) is 12.7 Å². The van der Waals surface area contributed by atoms with Crippen LogP contribution >= 0.6 is 0 Å². The molecule has 0 heterocycles. The first kappa shape index (κ1) is 10.7. The lowest BCUT2D eigenvalue weighted by molar-refractivity contribution is 0.00313. The van der Waals surface area contributed by atoms with Crippen molar-refractivity contribution in [2.45, 2.75) is 38.9 Å². The third-order valence-corrected chi connectivity index (χ3v) is 1.33. The first-order valence-corrected chi connectivity index (χ1v) is 4.07. The Hall–Kier alpha value is -0.340. The molecule has 1 N–H and O–H groups in total. The van der Waals surface area contributed by atoms with Gasteiger partial charge in [-0.1, -0.05) is 6.08 Å². The molecule has 2 heteroatoms. The molecule has 1 atom stereocenters. The molecule has 0 aliphatic heterocycles. The number of ether oxygens (including phenoxy) is 1. The van der Waals surface area contributed by atoms with Gasteiger partial charge in [0, 0.05) is 0 Å². The summed E-state index contributed by atoms with van der Waals surface area (Å²) in [6, 6.07) is 0. The molecule has 2 nitrogen and oxygen atoms in total. The molecule has 0 radical (unpaired) electrons. The molecule has 0 aromatic heterocycles. The minimum Gasteiger partial charge on any atom is -0.391 e. The highest BCUT2D eigenvalue weighted by Crippen LogP contribution is 1.99. The number of aliphatic hydroxyl groups is 1. The van der Waals surface area contributed by atoms with Crippen molar-refractivity contribution >= 4 is 0 Å². The van der Waals surface area contributed by atoms with Gasteiger partial charge in [0.1, 0.15) is 0 Å². The molecule has 0 rings (SSSR count). The molecule has 0 amide bonds. The van der Waals surface area contributed by atoms with Crippen LogP contribution in [0.5, 0.6) is 0 Å². The van der Waals surface area contributed by atoms with Gasteiger partial charge in [-0.3, -0.25) is 0 Å². The lowest BCUT2D eigenvalue weighted by Gasteiger charge is -2.11. The Morgan fingerprint density at radius 2 is 2.18 bits per heavy atom. The Morgan fingerprint density at radius 3 is 2.64 bits per heavy atom. The van der Waals surface area contributed by atoms with Gasteiger partial charge in [-0.05, 0) is 26.7 Å². The van der Waals surface area contributed by atoms with Gasteiger partial charge in [-0.25, -0.2) is 0 Å². The monoisotopic (exact) mass is 158 g/mol. The average molecular weight is 158 g/mol. The Balaban J connectivity index is 3.21. The summed E-state index contributed by atoms with van der Waals surface area (Å²) in [7, 11) is 0. The molecule has 0 fully saturated rings. The van der Waals surface area contributed by atoms with E-state index in [1.165, 1.54) is 0 Å². The molecule has 0 saturated carbocycles. The van der Waals surface area contributed by atoms with Crippen LogP contribution < -0.4 is 0 Å². The number of allylic oxidation sites excluding steroid dienone is 1. The van der Waals surface area contributed by atoms with Gasteiger partial charge in [0.2, 0.25) is 0 Å². The van der Waals surface area contributed by atoms with E-state index in [2.05, 4.69) is 6.58 Å². The van der Waals surface area contributed by atoms with Crippen LogP contribution in [-0.4, -0.2) is 23.9 Å². The van der Waals surface area contributed by atoms with E-state index in [4.69, 9.17) is 4.74 Å².